The third-order valence-corrected chi connectivity index (χ3v) is 5.55. The van der Waals surface area contributed by atoms with Crippen molar-refractivity contribution < 1.29 is 9.90 Å². The number of nitrogens with zero attached hydrogens (tertiary/aromatic N) is 6. The van der Waals surface area contributed by atoms with E-state index in [9.17, 15) is 14.7 Å². The van der Waals surface area contributed by atoms with Crippen molar-refractivity contribution in [1.82, 2.24) is 24.4 Å². The predicted molar refractivity (Wildman–Crippen MR) is 123 cm³/mol. The smallest absolute Gasteiger partial charge is 0.337 e. The third kappa shape index (κ3) is 3.67. The number of imidazole rings is 1. The van der Waals surface area contributed by atoms with E-state index in [0.717, 1.165) is 26.2 Å². The molecule has 0 atom stereocenters. The van der Waals surface area contributed by atoms with E-state index >= 15 is 0 Å². The minimum Gasteiger partial charge on any atom is -0.478 e. The number of carboxylic acids is 1. The maximum atomic E-state index is 13.4. The highest BCUT2D eigenvalue weighted by molar-refractivity contribution is 5.95. The lowest BCUT2D eigenvalue weighted by molar-refractivity contribution is 0.0697. The highest BCUT2D eigenvalue weighted by atomic mass is 16.4. The van der Waals surface area contributed by atoms with E-state index in [1.165, 1.54) is 10.6 Å². The van der Waals surface area contributed by atoms with Crippen LogP contribution in [0.2, 0.25) is 0 Å². The van der Waals surface area contributed by atoms with Crippen LogP contribution in [0, 0.1) is 11.8 Å². The van der Waals surface area contributed by atoms with Gasteiger partial charge in [0.05, 0.1) is 17.8 Å². The molecule has 0 aliphatic carbocycles. The molecule has 10 nitrogen and oxygen atoms in total. The van der Waals surface area contributed by atoms with Gasteiger partial charge in [-0.05, 0) is 19.1 Å². The van der Waals surface area contributed by atoms with Gasteiger partial charge < -0.3 is 20.2 Å². The quantitative estimate of drug-likeness (QED) is 0.572. The maximum Gasteiger partial charge on any atom is 0.337 e. The number of aromatic carboxylic acids is 1. The van der Waals surface area contributed by atoms with Crippen molar-refractivity contribution in [2.24, 2.45) is 7.05 Å². The standard InChI is InChI=1S/C22H25N7O3/c1-4-5-12-29-17-18(25-22(29)28-13-10-23-11-14-28)24-21(27(3)19(17)30)26(2)16-9-7-6-8-15(16)20(31)32/h6-9,23H,10-14H2,1-3H3,(H,31,32). The molecular formula is C22H25N7O3. The SMILES string of the molecule is CC#CCn1c(N2CCNCC2)nc2nc(N(C)c3ccccc3C(=O)O)n(C)c(=O)c21. The Morgan fingerprint density at radius 3 is 2.66 bits per heavy atom. The van der Waals surface area contributed by atoms with Crippen LogP contribution in [0.1, 0.15) is 17.3 Å². The van der Waals surface area contributed by atoms with Crippen molar-refractivity contribution in [1.29, 1.82) is 0 Å². The van der Waals surface area contributed by atoms with Gasteiger partial charge in [-0.3, -0.25) is 13.9 Å². The second-order valence-corrected chi connectivity index (χ2v) is 7.49. The lowest BCUT2D eigenvalue weighted by Crippen LogP contribution is -2.44. The average molecular weight is 435 g/mol. The molecule has 1 aliphatic heterocycles. The zero-order chi connectivity index (χ0) is 22.8. The second kappa shape index (κ2) is 8.72. The zero-order valence-corrected chi connectivity index (χ0v) is 18.3. The summed E-state index contributed by atoms with van der Waals surface area (Å²) < 4.78 is 3.24. The Morgan fingerprint density at radius 1 is 1.25 bits per heavy atom. The molecule has 0 saturated carbocycles. The van der Waals surface area contributed by atoms with Gasteiger partial charge in [-0.15, -0.1) is 5.92 Å². The Labute approximate surface area is 185 Å². The van der Waals surface area contributed by atoms with Crippen LogP contribution >= 0.6 is 0 Å². The van der Waals surface area contributed by atoms with E-state index in [4.69, 9.17) is 4.98 Å². The number of benzene rings is 1. The molecule has 0 amide bonds. The Morgan fingerprint density at radius 2 is 1.97 bits per heavy atom. The van der Waals surface area contributed by atoms with Crippen LogP contribution in [-0.4, -0.2) is 63.4 Å². The van der Waals surface area contributed by atoms with E-state index < -0.39 is 5.97 Å². The van der Waals surface area contributed by atoms with Gasteiger partial charge in [0.25, 0.3) is 5.56 Å². The number of aromatic nitrogens is 4. The highest BCUT2D eigenvalue weighted by Gasteiger charge is 2.25. The van der Waals surface area contributed by atoms with E-state index in [-0.39, 0.29) is 11.1 Å². The summed E-state index contributed by atoms with van der Waals surface area (Å²) in [7, 11) is 3.31. The molecule has 0 spiro atoms. The first kappa shape index (κ1) is 21.4. The third-order valence-electron chi connectivity index (χ3n) is 5.55. The Kier molecular flexibility index (Phi) is 5.83. The minimum absolute atomic E-state index is 0.120. The number of anilines is 3. The molecule has 4 rings (SSSR count). The van der Waals surface area contributed by atoms with Gasteiger partial charge in [-0.25, -0.2) is 4.79 Å². The van der Waals surface area contributed by atoms with Gasteiger partial charge >= 0.3 is 5.97 Å². The monoisotopic (exact) mass is 435 g/mol. The fourth-order valence-electron chi connectivity index (χ4n) is 3.91. The number of nitrogens with one attached hydrogen (secondary N) is 1. The second-order valence-electron chi connectivity index (χ2n) is 7.49. The first-order valence-electron chi connectivity index (χ1n) is 10.3. The zero-order valence-electron chi connectivity index (χ0n) is 18.3. The summed E-state index contributed by atoms with van der Waals surface area (Å²) in [6.45, 7) is 5.28. The van der Waals surface area contributed by atoms with Crippen molar-refractivity contribution in [3.05, 3.63) is 40.2 Å². The number of carboxylic acid groups (broad SMARTS) is 1. The molecule has 3 heterocycles. The fourth-order valence-corrected chi connectivity index (χ4v) is 3.91. The van der Waals surface area contributed by atoms with E-state index in [1.54, 1.807) is 44.1 Å². The van der Waals surface area contributed by atoms with Gasteiger partial charge in [-0.1, -0.05) is 18.1 Å². The summed E-state index contributed by atoms with van der Waals surface area (Å²) in [6.07, 6.45) is 0. The van der Waals surface area contributed by atoms with Crippen LogP contribution in [0.5, 0.6) is 0 Å². The van der Waals surface area contributed by atoms with E-state index in [0.29, 0.717) is 35.3 Å². The van der Waals surface area contributed by atoms with Gasteiger partial charge in [0.1, 0.15) is 0 Å². The number of hydrogen-bond donors (Lipinski definition) is 2. The van der Waals surface area contributed by atoms with Crippen LogP contribution in [0.15, 0.2) is 29.1 Å². The number of carbonyl (C=O) groups is 1. The summed E-state index contributed by atoms with van der Waals surface area (Å²) in [5.41, 5.74) is 0.980. The molecule has 2 N–H and O–H groups in total. The Bertz CT molecular complexity index is 1290. The van der Waals surface area contributed by atoms with E-state index in [2.05, 4.69) is 27.0 Å². The molecule has 1 aliphatic rings. The van der Waals surface area contributed by atoms with Crippen molar-refractivity contribution in [3.8, 4) is 11.8 Å². The molecule has 0 radical (unpaired) electrons. The van der Waals surface area contributed by atoms with Gasteiger partial charge in [-0.2, -0.15) is 9.97 Å². The molecule has 1 saturated heterocycles. The minimum atomic E-state index is -1.05. The maximum absolute atomic E-state index is 13.4. The molecule has 3 aromatic rings. The average Bonchev–Trinajstić information content (AvgIpc) is 3.18. The van der Waals surface area contributed by atoms with Crippen LogP contribution in [0.3, 0.4) is 0 Å². The lowest BCUT2D eigenvalue weighted by Gasteiger charge is -2.28. The summed E-state index contributed by atoms with van der Waals surface area (Å²) in [4.78, 5) is 38.2. The molecule has 2 aromatic heterocycles. The van der Waals surface area contributed by atoms with Crippen LogP contribution in [0.25, 0.3) is 11.2 Å². The van der Waals surface area contributed by atoms with Crippen LogP contribution in [-0.2, 0) is 13.6 Å². The summed E-state index contributed by atoms with van der Waals surface area (Å²) in [5, 5.41) is 12.9. The molecule has 32 heavy (non-hydrogen) atoms. The van der Waals surface area contributed by atoms with Crippen LogP contribution in [0.4, 0.5) is 17.6 Å². The summed E-state index contributed by atoms with van der Waals surface area (Å²) >= 11 is 0. The van der Waals surface area contributed by atoms with Crippen molar-refractivity contribution in [2.45, 2.75) is 13.5 Å². The van der Waals surface area contributed by atoms with Crippen molar-refractivity contribution in [3.63, 3.8) is 0 Å². The largest absolute Gasteiger partial charge is 0.478 e. The summed E-state index contributed by atoms with van der Waals surface area (Å²) in [5.74, 6) is 5.82. The molecule has 0 bridgehead atoms. The number of para-hydroxylation sites is 1. The van der Waals surface area contributed by atoms with Crippen molar-refractivity contribution in [2.75, 3.05) is 43.0 Å². The van der Waals surface area contributed by atoms with Gasteiger partial charge in [0.15, 0.2) is 11.2 Å². The normalized spacial score (nSPS) is 13.7. The lowest BCUT2D eigenvalue weighted by atomic mass is 10.1. The number of piperazine rings is 1. The molecule has 10 heteroatoms. The fraction of sp³-hybridized carbons (Fsp3) is 0.364. The topological polar surface area (TPSA) is 109 Å². The number of fused-ring (bicyclic) bond motifs is 1. The van der Waals surface area contributed by atoms with Crippen LogP contribution < -0.4 is 20.7 Å². The first-order valence-corrected chi connectivity index (χ1v) is 10.3. The molecule has 1 aromatic carbocycles. The Hall–Kier alpha value is -3.84. The molecular weight excluding hydrogens is 410 g/mol. The molecule has 166 valence electrons. The summed E-state index contributed by atoms with van der Waals surface area (Å²) in [6, 6.07) is 6.61. The highest BCUT2D eigenvalue weighted by Crippen LogP contribution is 2.27. The van der Waals surface area contributed by atoms with Crippen molar-refractivity contribution >= 4 is 34.7 Å². The van der Waals surface area contributed by atoms with E-state index in [1.807, 2.05) is 4.57 Å². The van der Waals surface area contributed by atoms with Gasteiger partial charge in [0, 0.05) is 40.3 Å². The van der Waals surface area contributed by atoms with Gasteiger partial charge in [0.2, 0.25) is 11.9 Å². The number of hydrogen-bond acceptors (Lipinski definition) is 7. The first-order chi connectivity index (χ1) is 15.4. The molecule has 1 fully saturated rings. The number of rotatable bonds is 5. The molecule has 0 unspecified atom stereocenters. The Balaban J connectivity index is 1.90. The predicted octanol–water partition coefficient (Wildman–Crippen LogP) is 1.03.